The van der Waals surface area contributed by atoms with E-state index in [1.807, 2.05) is 18.4 Å². The number of carbonyl (C=O) groups excluding carboxylic acids is 2. The van der Waals surface area contributed by atoms with E-state index in [1.54, 1.807) is 23.1 Å². The number of hydrogen-bond acceptors (Lipinski definition) is 5. The first kappa shape index (κ1) is 19.2. The van der Waals surface area contributed by atoms with Crippen LogP contribution in [0.25, 0.3) is 0 Å². The molecule has 1 aliphatic rings. The van der Waals surface area contributed by atoms with Crippen LogP contribution in [0, 0.1) is 0 Å². The van der Waals surface area contributed by atoms with Crippen molar-refractivity contribution in [2.45, 2.75) is 26.7 Å². The van der Waals surface area contributed by atoms with Crippen LogP contribution in [-0.2, 0) is 4.79 Å². The van der Waals surface area contributed by atoms with E-state index in [2.05, 4.69) is 19.2 Å². The topological polar surface area (TPSA) is 67.9 Å². The maximum atomic E-state index is 12.9. The second-order valence-corrected chi connectivity index (χ2v) is 7.50. The van der Waals surface area contributed by atoms with Crippen molar-refractivity contribution < 1.29 is 19.1 Å². The van der Waals surface area contributed by atoms with E-state index in [0.717, 1.165) is 5.56 Å². The lowest BCUT2D eigenvalue weighted by molar-refractivity contribution is -0.116. The van der Waals surface area contributed by atoms with Crippen molar-refractivity contribution in [3.05, 3.63) is 40.1 Å². The average Bonchev–Trinajstić information content (AvgIpc) is 3.15. The van der Waals surface area contributed by atoms with Gasteiger partial charge in [-0.3, -0.25) is 9.59 Å². The van der Waals surface area contributed by atoms with Crippen LogP contribution in [-0.4, -0.2) is 43.0 Å². The highest BCUT2D eigenvalue weighted by Crippen LogP contribution is 2.32. The highest BCUT2D eigenvalue weighted by atomic mass is 32.1. The fourth-order valence-electron chi connectivity index (χ4n) is 2.91. The zero-order chi connectivity index (χ0) is 19.4. The molecule has 1 N–H and O–H groups in total. The lowest BCUT2D eigenvalue weighted by Crippen LogP contribution is -2.37. The molecule has 1 aliphatic heterocycles. The van der Waals surface area contributed by atoms with Gasteiger partial charge in [0.05, 0.1) is 4.88 Å². The maximum absolute atomic E-state index is 12.9. The van der Waals surface area contributed by atoms with Gasteiger partial charge in [0, 0.05) is 18.3 Å². The van der Waals surface area contributed by atoms with Crippen LogP contribution in [0.15, 0.2) is 29.6 Å². The largest absolute Gasteiger partial charge is 0.486 e. The maximum Gasteiger partial charge on any atom is 0.264 e. The van der Waals surface area contributed by atoms with Gasteiger partial charge < -0.3 is 19.7 Å². The third-order valence-electron chi connectivity index (χ3n) is 4.34. The van der Waals surface area contributed by atoms with E-state index in [9.17, 15) is 9.59 Å². The average molecular weight is 388 g/mol. The van der Waals surface area contributed by atoms with Gasteiger partial charge in [-0.25, -0.2) is 0 Å². The van der Waals surface area contributed by atoms with E-state index in [-0.39, 0.29) is 24.3 Å². The predicted octanol–water partition coefficient (Wildman–Crippen LogP) is 3.74. The summed E-state index contributed by atoms with van der Waals surface area (Å²) in [5.41, 5.74) is 1.64. The van der Waals surface area contributed by atoms with E-state index in [4.69, 9.17) is 9.47 Å². The van der Waals surface area contributed by atoms with Crippen LogP contribution in [0.4, 0.5) is 5.69 Å². The minimum absolute atomic E-state index is 0.000783. The molecule has 0 spiro atoms. The third kappa shape index (κ3) is 4.42. The number of rotatable bonds is 6. The molecule has 0 unspecified atom stereocenters. The first-order valence-corrected chi connectivity index (χ1v) is 9.93. The van der Waals surface area contributed by atoms with Crippen molar-refractivity contribution in [1.29, 1.82) is 0 Å². The Hall–Kier alpha value is -2.54. The fourth-order valence-corrected chi connectivity index (χ4v) is 3.93. The first-order chi connectivity index (χ1) is 13.0. The Kier molecular flexibility index (Phi) is 6.01. The Morgan fingerprint density at radius 1 is 1.19 bits per heavy atom. The Morgan fingerprint density at radius 3 is 2.63 bits per heavy atom. The van der Waals surface area contributed by atoms with Crippen LogP contribution in [0.1, 0.15) is 41.9 Å². The summed E-state index contributed by atoms with van der Waals surface area (Å²) in [5, 5.41) is 4.75. The summed E-state index contributed by atoms with van der Waals surface area (Å²) in [6.45, 7) is 7.46. The van der Waals surface area contributed by atoms with Gasteiger partial charge in [0.1, 0.15) is 19.8 Å². The Labute approximate surface area is 163 Å². The van der Waals surface area contributed by atoms with Crippen molar-refractivity contribution in [2.75, 3.05) is 31.6 Å². The lowest BCUT2D eigenvalue weighted by Gasteiger charge is -2.22. The molecular weight excluding hydrogens is 364 g/mol. The van der Waals surface area contributed by atoms with Crippen molar-refractivity contribution >= 4 is 28.8 Å². The van der Waals surface area contributed by atoms with E-state index >= 15 is 0 Å². The standard InChI is InChI=1S/C20H24N2O4S/c1-4-22(20(24)19-15(13(2)3)7-10-27-19)12-18(23)21-14-5-6-16-17(11-14)26-9-8-25-16/h5-7,10-11,13H,4,8-9,12H2,1-3H3,(H,21,23). The van der Waals surface area contributed by atoms with Crippen LogP contribution in [0.3, 0.4) is 0 Å². The highest BCUT2D eigenvalue weighted by Gasteiger charge is 2.22. The molecule has 2 amide bonds. The van der Waals surface area contributed by atoms with Crippen molar-refractivity contribution in [3.63, 3.8) is 0 Å². The van der Waals surface area contributed by atoms with Gasteiger partial charge in [0.2, 0.25) is 5.91 Å². The SMILES string of the molecule is CCN(CC(=O)Nc1ccc2c(c1)OCCO2)C(=O)c1sccc1C(C)C. The predicted molar refractivity (Wildman–Crippen MR) is 106 cm³/mol. The zero-order valence-electron chi connectivity index (χ0n) is 15.8. The second-order valence-electron chi connectivity index (χ2n) is 6.59. The molecule has 2 aromatic rings. The van der Waals surface area contributed by atoms with Gasteiger partial charge in [0.15, 0.2) is 11.5 Å². The quantitative estimate of drug-likeness (QED) is 0.818. The molecule has 0 aliphatic carbocycles. The molecule has 3 rings (SSSR count). The lowest BCUT2D eigenvalue weighted by atomic mass is 10.0. The molecule has 0 bridgehead atoms. The van der Waals surface area contributed by atoms with E-state index in [0.29, 0.717) is 41.8 Å². The summed E-state index contributed by atoms with van der Waals surface area (Å²) in [4.78, 5) is 27.6. The molecule has 27 heavy (non-hydrogen) atoms. The molecule has 1 aromatic heterocycles. The minimum atomic E-state index is -0.246. The molecule has 0 fully saturated rings. The number of amides is 2. The van der Waals surface area contributed by atoms with Crippen LogP contribution >= 0.6 is 11.3 Å². The van der Waals surface area contributed by atoms with Gasteiger partial charge in [-0.05, 0) is 42.0 Å². The van der Waals surface area contributed by atoms with Gasteiger partial charge in [-0.2, -0.15) is 0 Å². The summed E-state index contributed by atoms with van der Waals surface area (Å²) in [6.07, 6.45) is 0. The summed E-state index contributed by atoms with van der Waals surface area (Å²) >= 11 is 1.42. The molecule has 2 heterocycles. The summed E-state index contributed by atoms with van der Waals surface area (Å²) in [7, 11) is 0. The first-order valence-electron chi connectivity index (χ1n) is 9.05. The molecule has 6 nitrogen and oxygen atoms in total. The number of carbonyl (C=O) groups is 2. The molecule has 0 saturated heterocycles. The monoisotopic (exact) mass is 388 g/mol. The Bertz CT molecular complexity index is 831. The third-order valence-corrected chi connectivity index (χ3v) is 5.26. The number of ether oxygens (including phenoxy) is 2. The number of likely N-dealkylation sites (N-methyl/N-ethyl adjacent to an activating group) is 1. The number of nitrogens with zero attached hydrogens (tertiary/aromatic N) is 1. The second kappa shape index (κ2) is 8.43. The molecule has 0 atom stereocenters. The van der Waals surface area contributed by atoms with Gasteiger partial charge in [-0.1, -0.05) is 13.8 Å². The Morgan fingerprint density at radius 2 is 1.93 bits per heavy atom. The number of anilines is 1. The Balaban J connectivity index is 1.66. The van der Waals surface area contributed by atoms with Gasteiger partial charge >= 0.3 is 0 Å². The molecule has 1 aromatic carbocycles. The highest BCUT2D eigenvalue weighted by molar-refractivity contribution is 7.12. The zero-order valence-corrected chi connectivity index (χ0v) is 16.6. The van der Waals surface area contributed by atoms with E-state index in [1.165, 1.54) is 11.3 Å². The van der Waals surface area contributed by atoms with Crippen molar-refractivity contribution in [2.24, 2.45) is 0 Å². The molecular formula is C20H24N2O4S. The van der Waals surface area contributed by atoms with E-state index < -0.39 is 0 Å². The van der Waals surface area contributed by atoms with Gasteiger partial charge in [0.25, 0.3) is 5.91 Å². The number of hydrogen-bond donors (Lipinski definition) is 1. The normalized spacial score (nSPS) is 12.7. The molecule has 144 valence electrons. The molecule has 0 saturated carbocycles. The summed E-state index contributed by atoms with van der Waals surface area (Å²) < 4.78 is 11.0. The summed E-state index contributed by atoms with van der Waals surface area (Å²) in [6, 6.07) is 7.25. The smallest absolute Gasteiger partial charge is 0.264 e. The number of nitrogens with one attached hydrogen (secondary N) is 1. The van der Waals surface area contributed by atoms with Gasteiger partial charge in [-0.15, -0.1) is 11.3 Å². The van der Waals surface area contributed by atoms with Crippen molar-refractivity contribution in [3.8, 4) is 11.5 Å². The number of fused-ring (bicyclic) bond motifs is 1. The molecule has 0 radical (unpaired) electrons. The van der Waals surface area contributed by atoms with Crippen LogP contribution in [0.5, 0.6) is 11.5 Å². The van der Waals surface area contributed by atoms with Crippen molar-refractivity contribution in [1.82, 2.24) is 4.90 Å². The number of thiophene rings is 1. The number of benzene rings is 1. The molecule has 7 heteroatoms. The summed E-state index contributed by atoms with van der Waals surface area (Å²) in [5.74, 6) is 1.20. The van der Waals surface area contributed by atoms with Crippen LogP contribution < -0.4 is 14.8 Å². The van der Waals surface area contributed by atoms with Crippen LogP contribution in [0.2, 0.25) is 0 Å². The minimum Gasteiger partial charge on any atom is -0.486 e. The fraction of sp³-hybridized carbons (Fsp3) is 0.400.